The fourth-order valence-electron chi connectivity index (χ4n) is 3.20. The van der Waals surface area contributed by atoms with Gasteiger partial charge in [-0.15, -0.1) is 16.4 Å². The molecule has 8 heteroatoms. The number of nitrogen functional groups attached to an aromatic ring is 1. The molecule has 0 bridgehead atoms. The van der Waals surface area contributed by atoms with Crippen molar-refractivity contribution in [3.63, 3.8) is 0 Å². The number of nitrogens with zero attached hydrogens (tertiary/aromatic N) is 5. The lowest BCUT2D eigenvalue weighted by molar-refractivity contribution is -0.131. The highest BCUT2D eigenvalue weighted by molar-refractivity contribution is 7.10. The molecule has 4 heterocycles. The summed E-state index contributed by atoms with van der Waals surface area (Å²) in [7, 11) is 0. The van der Waals surface area contributed by atoms with Gasteiger partial charge in [-0.05, 0) is 37.3 Å². The van der Waals surface area contributed by atoms with Gasteiger partial charge in [-0.2, -0.15) is 9.50 Å². The fourth-order valence-corrected chi connectivity index (χ4v) is 4.09. The topological polar surface area (TPSA) is 89.4 Å². The smallest absolute Gasteiger partial charge is 0.254 e. The van der Waals surface area contributed by atoms with Crippen molar-refractivity contribution in [1.82, 2.24) is 24.5 Å². The number of hydrogen-bond acceptors (Lipinski definition) is 6. The Morgan fingerprint density at radius 2 is 2.21 bits per heavy atom. The summed E-state index contributed by atoms with van der Waals surface area (Å²) >= 11 is 1.77. The fraction of sp³-hybridized carbons (Fsp3) is 0.375. The average Bonchev–Trinajstić information content (AvgIpc) is 3.16. The maximum absolute atomic E-state index is 12.8. The molecule has 24 heavy (non-hydrogen) atoms. The molecule has 0 atom stereocenters. The van der Waals surface area contributed by atoms with Crippen LogP contribution in [0, 0.1) is 13.8 Å². The third-order valence-electron chi connectivity index (χ3n) is 4.55. The van der Waals surface area contributed by atoms with E-state index < -0.39 is 0 Å². The number of thiophene rings is 1. The summed E-state index contributed by atoms with van der Waals surface area (Å²) in [4.78, 5) is 24.6. The van der Waals surface area contributed by atoms with Crippen molar-refractivity contribution in [3.05, 3.63) is 38.8 Å². The van der Waals surface area contributed by atoms with Crippen LogP contribution in [-0.4, -0.2) is 36.9 Å². The number of carbonyl (C=O) groups excluding carboxylic acids is 1. The lowest BCUT2D eigenvalue weighted by Gasteiger charge is -2.27. The molecular weight excluding hydrogens is 324 g/mol. The van der Waals surface area contributed by atoms with Crippen LogP contribution in [0.2, 0.25) is 0 Å². The first-order valence-electron chi connectivity index (χ1n) is 7.84. The van der Waals surface area contributed by atoms with Crippen LogP contribution in [0.25, 0.3) is 5.78 Å². The summed E-state index contributed by atoms with van der Waals surface area (Å²) in [6.45, 7) is 5.29. The minimum absolute atomic E-state index is 0.118. The number of carbonyl (C=O) groups is 1. The molecule has 7 nitrogen and oxygen atoms in total. The van der Waals surface area contributed by atoms with Crippen LogP contribution in [0.1, 0.15) is 27.4 Å². The second-order valence-electron chi connectivity index (χ2n) is 6.05. The van der Waals surface area contributed by atoms with E-state index in [-0.39, 0.29) is 11.9 Å². The van der Waals surface area contributed by atoms with Crippen LogP contribution in [-0.2, 0) is 24.2 Å². The number of rotatable bonds is 2. The summed E-state index contributed by atoms with van der Waals surface area (Å²) in [6, 6.07) is 2.11. The largest absolute Gasteiger partial charge is 0.366 e. The minimum Gasteiger partial charge on any atom is -0.366 e. The zero-order valence-corrected chi connectivity index (χ0v) is 14.4. The molecule has 0 radical (unpaired) electrons. The summed E-state index contributed by atoms with van der Waals surface area (Å²) in [5, 5.41) is 6.25. The minimum atomic E-state index is 0.118. The Hall–Kier alpha value is -2.48. The van der Waals surface area contributed by atoms with Crippen LogP contribution in [0.3, 0.4) is 0 Å². The van der Waals surface area contributed by atoms with Crippen molar-refractivity contribution in [2.24, 2.45) is 0 Å². The quantitative estimate of drug-likeness (QED) is 0.762. The third kappa shape index (κ3) is 2.43. The van der Waals surface area contributed by atoms with Gasteiger partial charge >= 0.3 is 0 Å². The van der Waals surface area contributed by atoms with Gasteiger partial charge in [-0.3, -0.25) is 4.79 Å². The monoisotopic (exact) mass is 342 g/mol. The second kappa shape index (κ2) is 5.55. The standard InChI is InChI=1S/C16H18N6OS/c1-9-12(10(2)22-16(18-9)19-15(17)20-22)7-14(23)21-5-3-13-11(8-21)4-6-24-13/h4,6H,3,5,7-8H2,1-2H3,(H2,17,20). The van der Waals surface area contributed by atoms with E-state index in [1.54, 1.807) is 15.9 Å². The van der Waals surface area contributed by atoms with E-state index in [0.717, 1.165) is 29.9 Å². The van der Waals surface area contributed by atoms with Gasteiger partial charge in [-0.25, -0.2) is 4.98 Å². The summed E-state index contributed by atoms with van der Waals surface area (Å²) in [6.07, 6.45) is 1.26. The number of aryl methyl sites for hydroxylation is 2. The molecule has 124 valence electrons. The molecule has 3 aromatic heterocycles. The molecule has 0 spiro atoms. The summed E-state index contributed by atoms with van der Waals surface area (Å²) in [5.41, 5.74) is 9.49. The van der Waals surface area contributed by atoms with Crippen LogP contribution >= 0.6 is 11.3 Å². The molecule has 0 unspecified atom stereocenters. The van der Waals surface area contributed by atoms with E-state index >= 15 is 0 Å². The molecule has 0 saturated carbocycles. The van der Waals surface area contributed by atoms with E-state index in [0.29, 0.717) is 18.7 Å². The van der Waals surface area contributed by atoms with Gasteiger partial charge in [0, 0.05) is 34.9 Å². The van der Waals surface area contributed by atoms with Crippen molar-refractivity contribution < 1.29 is 4.79 Å². The average molecular weight is 342 g/mol. The van der Waals surface area contributed by atoms with Gasteiger partial charge in [0.15, 0.2) is 0 Å². The predicted octanol–water partition coefficient (Wildman–Crippen LogP) is 1.51. The number of aromatic nitrogens is 4. The highest BCUT2D eigenvalue weighted by Crippen LogP contribution is 2.25. The Kier molecular flexibility index (Phi) is 3.49. The van der Waals surface area contributed by atoms with Crippen LogP contribution in [0.4, 0.5) is 5.95 Å². The molecule has 1 aliphatic heterocycles. The zero-order chi connectivity index (χ0) is 16.8. The molecule has 1 amide bonds. The Morgan fingerprint density at radius 3 is 3.04 bits per heavy atom. The predicted molar refractivity (Wildman–Crippen MR) is 91.8 cm³/mol. The third-order valence-corrected chi connectivity index (χ3v) is 5.58. The van der Waals surface area contributed by atoms with Crippen molar-refractivity contribution in [3.8, 4) is 0 Å². The molecule has 0 fully saturated rings. The SMILES string of the molecule is Cc1nc2nc(N)nn2c(C)c1CC(=O)N1CCc2sccc2C1. The van der Waals surface area contributed by atoms with Crippen LogP contribution in [0.5, 0.6) is 0 Å². The second-order valence-corrected chi connectivity index (χ2v) is 7.05. The number of anilines is 1. The first kappa shape index (κ1) is 15.1. The lowest BCUT2D eigenvalue weighted by Crippen LogP contribution is -2.36. The van der Waals surface area contributed by atoms with Crippen LogP contribution < -0.4 is 5.73 Å². The molecule has 0 aromatic carbocycles. The molecule has 3 aromatic rings. The van der Waals surface area contributed by atoms with E-state index in [1.807, 2.05) is 18.7 Å². The van der Waals surface area contributed by atoms with Gasteiger partial charge in [-0.1, -0.05) is 0 Å². The lowest BCUT2D eigenvalue weighted by atomic mass is 10.1. The van der Waals surface area contributed by atoms with Crippen molar-refractivity contribution in [1.29, 1.82) is 0 Å². The molecule has 0 saturated heterocycles. The van der Waals surface area contributed by atoms with Gasteiger partial charge in [0.05, 0.1) is 6.42 Å². The Bertz CT molecular complexity index is 944. The zero-order valence-electron chi connectivity index (χ0n) is 13.6. The number of hydrogen-bond donors (Lipinski definition) is 1. The first-order valence-corrected chi connectivity index (χ1v) is 8.72. The van der Waals surface area contributed by atoms with Crippen molar-refractivity contribution in [2.45, 2.75) is 33.2 Å². The molecule has 4 rings (SSSR count). The van der Waals surface area contributed by atoms with Gasteiger partial charge < -0.3 is 10.6 Å². The number of fused-ring (bicyclic) bond motifs is 2. The van der Waals surface area contributed by atoms with Gasteiger partial charge in [0.2, 0.25) is 11.9 Å². The number of amides is 1. The maximum atomic E-state index is 12.8. The van der Waals surface area contributed by atoms with E-state index in [1.165, 1.54) is 10.4 Å². The van der Waals surface area contributed by atoms with Crippen molar-refractivity contribution in [2.75, 3.05) is 12.3 Å². The Morgan fingerprint density at radius 1 is 1.38 bits per heavy atom. The van der Waals surface area contributed by atoms with E-state index in [4.69, 9.17) is 5.73 Å². The van der Waals surface area contributed by atoms with Crippen LogP contribution in [0.15, 0.2) is 11.4 Å². The Balaban J connectivity index is 1.61. The van der Waals surface area contributed by atoms with Gasteiger partial charge in [0.25, 0.3) is 5.78 Å². The van der Waals surface area contributed by atoms with E-state index in [2.05, 4.69) is 26.5 Å². The first-order chi connectivity index (χ1) is 11.5. The molecule has 2 N–H and O–H groups in total. The summed E-state index contributed by atoms with van der Waals surface area (Å²) in [5.74, 6) is 0.779. The maximum Gasteiger partial charge on any atom is 0.254 e. The molecule has 0 aliphatic carbocycles. The Labute approximate surface area is 143 Å². The number of nitrogens with two attached hydrogens (primary N) is 1. The molecular formula is C16H18N6OS. The molecule has 1 aliphatic rings. The van der Waals surface area contributed by atoms with Crippen molar-refractivity contribution >= 4 is 29.0 Å². The highest BCUT2D eigenvalue weighted by atomic mass is 32.1. The highest BCUT2D eigenvalue weighted by Gasteiger charge is 2.23. The van der Waals surface area contributed by atoms with E-state index in [9.17, 15) is 4.79 Å². The normalized spacial score (nSPS) is 14.2. The van der Waals surface area contributed by atoms with Gasteiger partial charge in [0.1, 0.15) is 0 Å². The summed E-state index contributed by atoms with van der Waals surface area (Å²) < 4.78 is 1.61.